The Labute approximate surface area is 106 Å². The molecule has 1 aliphatic rings. The maximum Gasteiger partial charge on any atom is 0.350 e. The van der Waals surface area contributed by atoms with E-state index in [1.165, 1.54) is 18.4 Å². The van der Waals surface area contributed by atoms with Gasteiger partial charge in [0.25, 0.3) is 0 Å². The van der Waals surface area contributed by atoms with Gasteiger partial charge in [0, 0.05) is 13.1 Å². The van der Waals surface area contributed by atoms with Crippen molar-refractivity contribution in [1.29, 1.82) is 0 Å². The van der Waals surface area contributed by atoms with Gasteiger partial charge in [-0.3, -0.25) is 0 Å². The van der Waals surface area contributed by atoms with E-state index in [2.05, 4.69) is 23.7 Å². The summed E-state index contributed by atoms with van der Waals surface area (Å²) in [4.78, 5) is 18.9. The van der Waals surface area contributed by atoms with Crippen LogP contribution < -0.4 is 4.90 Å². The van der Waals surface area contributed by atoms with E-state index in [0.29, 0.717) is 16.7 Å². The van der Waals surface area contributed by atoms with Gasteiger partial charge in [-0.15, -0.1) is 0 Å². The SMILES string of the molecule is COC(=O)c1sc(N2CC(C)C(C)C2)nc1C. The number of methoxy groups -OCH3 is 1. The Kier molecular flexibility index (Phi) is 3.38. The molecule has 1 aromatic heterocycles. The molecule has 0 N–H and O–H groups in total. The third-order valence-corrected chi connectivity index (χ3v) is 4.61. The van der Waals surface area contributed by atoms with Crippen LogP contribution in [0.4, 0.5) is 5.13 Å². The zero-order chi connectivity index (χ0) is 12.6. The van der Waals surface area contributed by atoms with Crippen molar-refractivity contribution in [3.05, 3.63) is 10.6 Å². The van der Waals surface area contributed by atoms with Gasteiger partial charge in [0.15, 0.2) is 5.13 Å². The van der Waals surface area contributed by atoms with Crippen molar-refractivity contribution >= 4 is 22.4 Å². The fourth-order valence-electron chi connectivity index (χ4n) is 2.09. The minimum Gasteiger partial charge on any atom is -0.465 e. The molecular formula is C12H18N2O2S. The molecule has 1 saturated heterocycles. The Balaban J connectivity index is 2.21. The summed E-state index contributed by atoms with van der Waals surface area (Å²) in [6.45, 7) is 8.41. The molecule has 94 valence electrons. The molecule has 2 rings (SSSR count). The number of carbonyl (C=O) groups excluding carboxylic acids is 1. The lowest BCUT2D eigenvalue weighted by Gasteiger charge is -2.13. The number of aromatic nitrogens is 1. The van der Waals surface area contributed by atoms with Gasteiger partial charge < -0.3 is 9.64 Å². The van der Waals surface area contributed by atoms with Gasteiger partial charge in [0.1, 0.15) is 4.88 Å². The number of hydrogen-bond donors (Lipinski definition) is 0. The third-order valence-electron chi connectivity index (χ3n) is 3.41. The predicted octanol–water partition coefficient (Wildman–Crippen LogP) is 2.33. The average molecular weight is 254 g/mol. The Hall–Kier alpha value is -1.10. The number of aryl methyl sites for hydroxylation is 1. The maximum atomic E-state index is 11.5. The lowest BCUT2D eigenvalue weighted by molar-refractivity contribution is 0.0605. The summed E-state index contributed by atoms with van der Waals surface area (Å²) in [7, 11) is 1.40. The summed E-state index contributed by atoms with van der Waals surface area (Å²) in [5.74, 6) is 1.08. The van der Waals surface area contributed by atoms with Crippen LogP contribution in [0.3, 0.4) is 0 Å². The number of carbonyl (C=O) groups is 1. The Morgan fingerprint density at radius 1 is 1.41 bits per heavy atom. The second-order valence-electron chi connectivity index (χ2n) is 4.76. The number of ether oxygens (including phenoxy) is 1. The van der Waals surface area contributed by atoms with Crippen LogP contribution in [0.2, 0.25) is 0 Å². The zero-order valence-electron chi connectivity index (χ0n) is 10.7. The molecule has 0 aliphatic carbocycles. The summed E-state index contributed by atoms with van der Waals surface area (Å²) in [5, 5.41) is 0.944. The maximum absolute atomic E-state index is 11.5. The molecule has 2 heterocycles. The minimum absolute atomic E-state index is 0.286. The molecule has 0 aromatic carbocycles. The molecule has 0 saturated carbocycles. The molecular weight excluding hydrogens is 236 g/mol. The standard InChI is InChI=1S/C12H18N2O2S/c1-7-5-14(6-8(7)2)12-13-9(3)10(17-12)11(15)16-4/h7-8H,5-6H2,1-4H3. The molecule has 0 amide bonds. The van der Waals surface area contributed by atoms with E-state index in [1.54, 1.807) is 0 Å². The van der Waals surface area contributed by atoms with Crippen molar-refractivity contribution in [2.75, 3.05) is 25.1 Å². The Morgan fingerprint density at radius 3 is 2.53 bits per heavy atom. The highest BCUT2D eigenvalue weighted by Crippen LogP contribution is 2.32. The van der Waals surface area contributed by atoms with Crippen molar-refractivity contribution in [1.82, 2.24) is 4.98 Å². The van der Waals surface area contributed by atoms with E-state index >= 15 is 0 Å². The van der Waals surface area contributed by atoms with Crippen molar-refractivity contribution < 1.29 is 9.53 Å². The van der Waals surface area contributed by atoms with Gasteiger partial charge >= 0.3 is 5.97 Å². The van der Waals surface area contributed by atoms with Crippen LogP contribution in [0.5, 0.6) is 0 Å². The first-order valence-electron chi connectivity index (χ1n) is 5.83. The van der Waals surface area contributed by atoms with Gasteiger partial charge in [0.2, 0.25) is 0 Å². The van der Waals surface area contributed by atoms with Gasteiger partial charge in [-0.1, -0.05) is 25.2 Å². The highest BCUT2D eigenvalue weighted by Gasteiger charge is 2.29. The molecule has 2 atom stereocenters. The van der Waals surface area contributed by atoms with Gasteiger partial charge in [0.05, 0.1) is 12.8 Å². The summed E-state index contributed by atoms with van der Waals surface area (Å²) in [5.41, 5.74) is 0.768. The average Bonchev–Trinajstić information content (AvgIpc) is 2.82. The molecule has 0 spiro atoms. The first kappa shape index (κ1) is 12.4. The summed E-state index contributed by atoms with van der Waals surface area (Å²) in [6, 6.07) is 0. The van der Waals surface area contributed by atoms with Crippen LogP contribution in [0.15, 0.2) is 0 Å². The fourth-order valence-corrected chi connectivity index (χ4v) is 3.09. The second kappa shape index (κ2) is 4.64. The van der Waals surface area contributed by atoms with Crippen LogP contribution >= 0.6 is 11.3 Å². The zero-order valence-corrected chi connectivity index (χ0v) is 11.5. The van der Waals surface area contributed by atoms with Gasteiger partial charge in [-0.05, 0) is 18.8 Å². The van der Waals surface area contributed by atoms with E-state index in [-0.39, 0.29) is 5.97 Å². The van der Waals surface area contributed by atoms with Gasteiger partial charge in [-0.25, -0.2) is 9.78 Å². The molecule has 4 nitrogen and oxygen atoms in total. The van der Waals surface area contributed by atoms with E-state index in [9.17, 15) is 4.79 Å². The van der Waals surface area contributed by atoms with E-state index in [1.807, 2.05) is 6.92 Å². The largest absolute Gasteiger partial charge is 0.465 e. The molecule has 2 unspecified atom stereocenters. The summed E-state index contributed by atoms with van der Waals surface area (Å²) in [6.07, 6.45) is 0. The van der Waals surface area contributed by atoms with Crippen LogP contribution in [0.25, 0.3) is 0 Å². The van der Waals surface area contributed by atoms with E-state index in [4.69, 9.17) is 4.74 Å². The number of esters is 1. The van der Waals surface area contributed by atoms with Crippen molar-refractivity contribution in [3.8, 4) is 0 Å². The third kappa shape index (κ3) is 2.29. The molecule has 5 heteroatoms. The number of anilines is 1. The van der Waals surface area contributed by atoms with Gasteiger partial charge in [-0.2, -0.15) is 0 Å². The van der Waals surface area contributed by atoms with Crippen LogP contribution in [0.1, 0.15) is 29.2 Å². The normalized spacial score (nSPS) is 24.1. The molecule has 0 bridgehead atoms. The quantitative estimate of drug-likeness (QED) is 0.760. The number of hydrogen-bond acceptors (Lipinski definition) is 5. The molecule has 1 aromatic rings. The fraction of sp³-hybridized carbons (Fsp3) is 0.667. The van der Waals surface area contributed by atoms with E-state index < -0.39 is 0 Å². The monoisotopic (exact) mass is 254 g/mol. The predicted molar refractivity (Wildman–Crippen MR) is 68.7 cm³/mol. The summed E-state index contributed by atoms with van der Waals surface area (Å²) >= 11 is 1.43. The first-order valence-corrected chi connectivity index (χ1v) is 6.65. The first-order chi connectivity index (χ1) is 8.02. The van der Waals surface area contributed by atoms with E-state index in [0.717, 1.165) is 23.9 Å². The number of thiazole rings is 1. The van der Waals surface area contributed by atoms with Crippen LogP contribution in [0, 0.1) is 18.8 Å². The molecule has 17 heavy (non-hydrogen) atoms. The Bertz CT molecular complexity index is 420. The molecule has 1 fully saturated rings. The molecule has 1 aliphatic heterocycles. The second-order valence-corrected chi connectivity index (χ2v) is 5.74. The Morgan fingerprint density at radius 2 is 2.00 bits per heavy atom. The number of nitrogens with zero attached hydrogens (tertiary/aromatic N) is 2. The highest BCUT2D eigenvalue weighted by atomic mass is 32.1. The van der Waals surface area contributed by atoms with Crippen LogP contribution in [-0.2, 0) is 4.74 Å². The molecule has 0 radical (unpaired) electrons. The topological polar surface area (TPSA) is 42.4 Å². The summed E-state index contributed by atoms with van der Waals surface area (Å²) < 4.78 is 4.75. The smallest absolute Gasteiger partial charge is 0.350 e. The minimum atomic E-state index is -0.286. The van der Waals surface area contributed by atoms with Crippen LogP contribution in [-0.4, -0.2) is 31.2 Å². The lowest BCUT2D eigenvalue weighted by atomic mass is 10.0. The highest BCUT2D eigenvalue weighted by molar-refractivity contribution is 7.17. The number of rotatable bonds is 2. The van der Waals surface area contributed by atoms with Crippen molar-refractivity contribution in [2.45, 2.75) is 20.8 Å². The van der Waals surface area contributed by atoms with Crippen molar-refractivity contribution in [2.24, 2.45) is 11.8 Å². The lowest BCUT2D eigenvalue weighted by Crippen LogP contribution is -2.19. The van der Waals surface area contributed by atoms with Crippen molar-refractivity contribution in [3.63, 3.8) is 0 Å².